The van der Waals surface area contributed by atoms with Gasteiger partial charge in [-0.1, -0.05) is 13.3 Å². The maximum atomic E-state index is 11.3. The zero-order valence-corrected chi connectivity index (χ0v) is 9.70. The van der Waals surface area contributed by atoms with E-state index in [0.29, 0.717) is 13.0 Å². The number of piperidine rings is 1. The lowest BCUT2D eigenvalue weighted by Gasteiger charge is -2.42. The molecule has 0 aromatic rings. The van der Waals surface area contributed by atoms with E-state index in [0.717, 1.165) is 25.8 Å². The highest BCUT2D eigenvalue weighted by Crippen LogP contribution is 2.25. The first-order valence-corrected chi connectivity index (χ1v) is 5.74. The number of carbonyl (C=O) groups is 1. The van der Waals surface area contributed by atoms with Gasteiger partial charge in [0.25, 0.3) is 0 Å². The van der Waals surface area contributed by atoms with Crippen LogP contribution in [-0.2, 0) is 4.79 Å². The topological polar surface area (TPSA) is 66.6 Å². The lowest BCUT2D eigenvalue weighted by molar-refractivity contribution is -0.152. The van der Waals surface area contributed by atoms with Crippen molar-refractivity contribution in [1.29, 1.82) is 0 Å². The van der Waals surface area contributed by atoms with Gasteiger partial charge in [0.15, 0.2) is 0 Å². The number of hydrogen-bond donors (Lipinski definition) is 2. The largest absolute Gasteiger partial charge is 0.480 e. The number of hydrogen-bond acceptors (Lipinski definition) is 3. The van der Waals surface area contributed by atoms with E-state index in [1.807, 2.05) is 18.7 Å². The Labute approximate surface area is 91.4 Å². The van der Waals surface area contributed by atoms with Crippen molar-refractivity contribution >= 4 is 5.97 Å². The minimum atomic E-state index is -0.729. The lowest BCUT2D eigenvalue weighted by atomic mass is 9.90. The zero-order valence-electron chi connectivity index (χ0n) is 9.70. The van der Waals surface area contributed by atoms with Crippen molar-refractivity contribution in [1.82, 2.24) is 4.90 Å². The molecule has 2 atom stereocenters. The van der Waals surface area contributed by atoms with Crippen LogP contribution in [0.3, 0.4) is 0 Å². The Bertz CT molecular complexity index is 233. The number of carboxylic acids is 1. The summed E-state index contributed by atoms with van der Waals surface area (Å²) in [6.07, 6.45) is 3.59. The van der Waals surface area contributed by atoms with Crippen LogP contribution in [-0.4, -0.2) is 40.6 Å². The standard InChI is InChI=1S/C11H22N2O2/c1-3-6-11(2,10(14)15)13-7-4-5-9(12)8-13/h9H,3-8,12H2,1-2H3,(H,14,15). The Hall–Kier alpha value is -0.610. The molecule has 1 fully saturated rings. The van der Waals surface area contributed by atoms with E-state index in [1.165, 1.54) is 0 Å². The van der Waals surface area contributed by atoms with Crippen LogP contribution in [0.25, 0.3) is 0 Å². The molecule has 1 aliphatic heterocycles. The number of likely N-dealkylation sites (tertiary alicyclic amines) is 1. The Morgan fingerprint density at radius 2 is 2.33 bits per heavy atom. The average Bonchev–Trinajstić information content (AvgIpc) is 2.17. The van der Waals surface area contributed by atoms with E-state index in [4.69, 9.17) is 5.73 Å². The highest BCUT2D eigenvalue weighted by atomic mass is 16.4. The number of nitrogens with two attached hydrogens (primary N) is 1. The summed E-state index contributed by atoms with van der Waals surface area (Å²) in [4.78, 5) is 13.4. The first-order chi connectivity index (χ1) is 7.00. The van der Waals surface area contributed by atoms with Gasteiger partial charge in [-0.15, -0.1) is 0 Å². The fourth-order valence-electron chi connectivity index (χ4n) is 2.35. The molecule has 88 valence electrons. The Morgan fingerprint density at radius 1 is 1.67 bits per heavy atom. The Balaban J connectivity index is 2.74. The van der Waals surface area contributed by atoms with Gasteiger partial charge in [-0.2, -0.15) is 0 Å². The molecule has 4 heteroatoms. The quantitative estimate of drug-likeness (QED) is 0.734. The summed E-state index contributed by atoms with van der Waals surface area (Å²) in [5.74, 6) is -0.724. The maximum Gasteiger partial charge on any atom is 0.323 e. The van der Waals surface area contributed by atoms with E-state index in [2.05, 4.69) is 0 Å². The second kappa shape index (κ2) is 4.94. The van der Waals surface area contributed by atoms with Crippen LogP contribution >= 0.6 is 0 Å². The summed E-state index contributed by atoms with van der Waals surface area (Å²) in [6, 6.07) is 0.134. The van der Waals surface area contributed by atoms with Crippen molar-refractivity contribution in [3.05, 3.63) is 0 Å². The lowest BCUT2D eigenvalue weighted by Crippen LogP contribution is -2.58. The van der Waals surface area contributed by atoms with E-state index >= 15 is 0 Å². The van der Waals surface area contributed by atoms with Gasteiger partial charge >= 0.3 is 5.97 Å². The fraction of sp³-hybridized carbons (Fsp3) is 0.909. The van der Waals surface area contributed by atoms with Gasteiger partial charge in [-0.25, -0.2) is 0 Å². The molecule has 1 saturated heterocycles. The summed E-state index contributed by atoms with van der Waals surface area (Å²) >= 11 is 0. The molecule has 0 saturated carbocycles. The normalized spacial score (nSPS) is 27.3. The smallest absolute Gasteiger partial charge is 0.323 e. The number of carboxylic acid groups (broad SMARTS) is 1. The summed E-state index contributed by atoms with van der Waals surface area (Å²) < 4.78 is 0. The molecule has 1 heterocycles. The molecule has 1 aliphatic rings. The van der Waals surface area contributed by atoms with Crippen LogP contribution in [0.5, 0.6) is 0 Å². The molecular weight excluding hydrogens is 192 g/mol. The molecule has 0 bridgehead atoms. The monoisotopic (exact) mass is 214 g/mol. The van der Waals surface area contributed by atoms with Crippen molar-refractivity contribution in [3.63, 3.8) is 0 Å². The van der Waals surface area contributed by atoms with E-state index in [1.54, 1.807) is 0 Å². The van der Waals surface area contributed by atoms with E-state index < -0.39 is 11.5 Å². The Morgan fingerprint density at radius 3 is 2.80 bits per heavy atom. The molecule has 0 spiro atoms. The third kappa shape index (κ3) is 2.69. The molecule has 0 amide bonds. The molecule has 1 rings (SSSR count). The summed E-state index contributed by atoms with van der Waals surface area (Å²) in [6.45, 7) is 5.40. The number of rotatable bonds is 4. The molecule has 4 nitrogen and oxygen atoms in total. The summed E-state index contributed by atoms with van der Waals surface area (Å²) in [5.41, 5.74) is 5.15. The van der Waals surface area contributed by atoms with Gasteiger partial charge in [0, 0.05) is 12.6 Å². The third-order valence-electron chi connectivity index (χ3n) is 3.35. The average molecular weight is 214 g/mol. The van der Waals surface area contributed by atoms with Gasteiger partial charge in [0.1, 0.15) is 5.54 Å². The number of nitrogens with zero attached hydrogens (tertiary/aromatic N) is 1. The molecular formula is C11H22N2O2. The number of aliphatic carboxylic acids is 1. The molecule has 2 unspecified atom stereocenters. The zero-order chi connectivity index (χ0) is 11.5. The first kappa shape index (κ1) is 12.5. The predicted molar refractivity (Wildman–Crippen MR) is 59.7 cm³/mol. The fourth-order valence-corrected chi connectivity index (χ4v) is 2.35. The van der Waals surface area contributed by atoms with E-state index in [-0.39, 0.29) is 6.04 Å². The van der Waals surface area contributed by atoms with Crippen LogP contribution < -0.4 is 5.73 Å². The van der Waals surface area contributed by atoms with Crippen molar-refractivity contribution in [2.75, 3.05) is 13.1 Å². The van der Waals surface area contributed by atoms with Crippen LogP contribution in [0, 0.1) is 0 Å². The van der Waals surface area contributed by atoms with Gasteiger partial charge < -0.3 is 10.8 Å². The van der Waals surface area contributed by atoms with Crippen molar-refractivity contribution in [2.45, 2.75) is 51.1 Å². The SMILES string of the molecule is CCCC(C)(C(=O)O)N1CCCC(N)C1. The molecule has 0 aliphatic carbocycles. The second-order valence-corrected chi connectivity index (χ2v) is 4.68. The van der Waals surface area contributed by atoms with Crippen LogP contribution in [0.2, 0.25) is 0 Å². The highest BCUT2D eigenvalue weighted by molar-refractivity contribution is 5.78. The molecule has 15 heavy (non-hydrogen) atoms. The highest BCUT2D eigenvalue weighted by Gasteiger charge is 2.40. The molecule has 3 N–H and O–H groups in total. The summed E-state index contributed by atoms with van der Waals surface area (Å²) in [5, 5.41) is 9.32. The van der Waals surface area contributed by atoms with Crippen LogP contribution in [0.1, 0.15) is 39.5 Å². The van der Waals surface area contributed by atoms with Gasteiger partial charge in [-0.05, 0) is 32.7 Å². The maximum absolute atomic E-state index is 11.3. The van der Waals surface area contributed by atoms with Crippen molar-refractivity contribution in [2.24, 2.45) is 5.73 Å². The minimum absolute atomic E-state index is 0.134. The van der Waals surface area contributed by atoms with Gasteiger partial charge in [0.2, 0.25) is 0 Å². The van der Waals surface area contributed by atoms with Crippen molar-refractivity contribution in [3.8, 4) is 0 Å². The molecule has 0 aromatic carbocycles. The molecule has 0 aromatic heterocycles. The van der Waals surface area contributed by atoms with E-state index in [9.17, 15) is 9.90 Å². The first-order valence-electron chi connectivity index (χ1n) is 5.74. The third-order valence-corrected chi connectivity index (χ3v) is 3.35. The van der Waals surface area contributed by atoms with Crippen LogP contribution in [0.4, 0.5) is 0 Å². The summed E-state index contributed by atoms with van der Waals surface area (Å²) in [7, 11) is 0. The van der Waals surface area contributed by atoms with Gasteiger partial charge in [0.05, 0.1) is 0 Å². The van der Waals surface area contributed by atoms with Crippen LogP contribution in [0.15, 0.2) is 0 Å². The second-order valence-electron chi connectivity index (χ2n) is 4.68. The Kier molecular flexibility index (Phi) is 4.11. The molecule has 0 radical (unpaired) electrons. The minimum Gasteiger partial charge on any atom is -0.480 e. The van der Waals surface area contributed by atoms with Gasteiger partial charge in [-0.3, -0.25) is 9.69 Å². The van der Waals surface area contributed by atoms with Crippen molar-refractivity contribution < 1.29 is 9.90 Å². The predicted octanol–water partition coefficient (Wildman–Crippen LogP) is 1.05.